The van der Waals surface area contributed by atoms with Crippen LogP contribution in [0.2, 0.25) is 0 Å². The van der Waals surface area contributed by atoms with Crippen molar-refractivity contribution in [3.63, 3.8) is 0 Å². The molecule has 2 aliphatic rings. The molecule has 2 aliphatic carbocycles. The summed E-state index contributed by atoms with van der Waals surface area (Å²) in [5, 5.41) is 4.76. The Morgan fingerprint density at radius 2 is 2.07 bits per heavy atom. The van der Waals surface area contributed by atoms with E-state index in [2.05, 4.69) is 30.9 Å². The van der Waals surface area contributed by atoms with Crippen LogP contribution in [0.5, 0.6) is 0 Å². The van der Waals surface area contributed by atoms with Crippen molar-refractivity contribution in [1.29, 1.82) is 0 Å². The molecule has 2 heteroatoms. The van der Waals surface area contributed by atoms with Crippen molar-refractivity contribution in [1.82, 2.24) is 5.32 Å². The van der Waals surface area contributed by atoms with Gasteiger partial charge in [0.05, 0.1) is 0 Å². The topological polar surface area (TPSA) is 12.0 Å². The zero-order chi connectivity index (χ0) is 9.97. The zero-order valence-electron chi connectivity index (χ0n) is 9.46. The molecule has 82 valence electrons. The van der Waals surface area contributed by atoms with Crippen LogP contribution in [0, 0.1) is 5.92 Å². The third-order valence-corrected chi connectivity index (χ3v) is 4.97. The summed E-state index contributed by atoms with van der Waals surface area (Å²) in [6.07, 6.45) is 7.22. The molecule has 0 saturated heterocycles. The van der Waals surface area contributed by atoms with Crippen LogP contribution < -0.4 is 5.32 Å². The molecule has 0 bridgehead atoms. The smallest absolute Gasteiger partial charge is 0.0201 e. The molecule has 0 aromatic heterocycles. The number of rotatable bonds is 5. The van der Waals surface area contributed by atoms with Crippen LogP contribution in [0.4, 0.5) is 0 Å². The minimum atomic E-state index is 0.776. The molecule has 0 aliphatic heterocycles. The van der Waals surface area contributed by atoms with E-state index in [4.69, 9.17) is 0 Å². The molecule has 0 aromatic rings. The molecule has 0 spiro atoms. The molecular formula is C12H23NS. The van der Waals surface area contributed by atoms with Crippen molar-refractivity contribution in [2.24, 2.45) is 5.92 Å². The summed E-state index contributed by atoms with van der Waals surface area (Å²) in [7, 11) is 0. The van der Waals surface area contributed by atoms with Crippen LogP contribution in [0.15, 0.2) is 0 Å². The fourth-order valence-corrected chi connectivity index (χ4v) is 3.81. The predicted molar refractivity (Wildman–Crippen MR) is 64.9 cm³/mol. The summed E-state index contributed by atoms with van der Waals surface area (Å²) in [5.74, 6) is 2.28. The van der Waals surface area contributed by atoms with Crippen molar-refractivity contribution in [3.8, 4) is 0 Å². The fourth-order valence-electron chi connectivity index (χ4n) is 2.60. The average Bonchev–Trinajstić information content (AvgIpc) is 2.93. The van der Waals surface area contributed by atoms with Crippen LogP contribution in [-0.4, -0.2) is 23.1 Å². The van der Waals surface area contributed by atoms with Gasteiger partial charge in [0.15, 0.2) is 0 Å². The van der Waals surface area contributed by atoms with E-state index in [1.807, 2.05) is 0 Å². The monoisotopic (exact) mass is 213 g/mol. The fraction of sp³-hybridized carbons (Fsp3) is 1.00. The highest BCUT2D eigenvalue weighted by Gasteiger charge is 2.33. The standard InChI is InChI=1S/C12H23NS/c1-3-14-12-6-4-5-11(12)13-9(2)10-7-8-10/h9-13H,3-8H2,1-2H3. The van der Waals surface area contributed by atoms with E-state index in [0.717, 1.165) is 23.3 Å². The van der Waals surface area contributed by atoms with Gasteiger partial charge in [0.1, 0.15) is 0 Å². The molecule has 14 heavy (non-hydrogen) atoms. The lowest BCUT2D eigenvalue weighted by Gasteiger charge is -2.24. The minimum absolute atomic E-state index is 0.776. The highest BCUT2D eigenvalue weighted by atomic mass is 32.2. The van der Waals surface area contributed by atoms with Gasteiger partial charge < -0.3 is 5.32 Å². The maximum Gasteiger partial charge on any atom is 0.0201 e. The van der Waals surface area contributed by atoms with Crippen LogP contribution >= 0.6 is 11.8 Å². The average molecular weight is 213 g/mol. The number of thioether (sulfide) groups is 1. The van der Waals surface area contributed by atoms with Gasteiger partial charge in [0, 0.05) is 17.3 Å². The van der Waals surface area contributed by atoms with Gasteiger partial charge in [-0.2, -0.15) is 11.8 Å². The van der Waals surface area contributed by atoms with Gasteiger partial charge in [0.25, 0.3) is 0 Å². The number of hydrogen-bond donors (Lipinski definition) is 1. The van der Waals surface area contributed by atoms with Crippen LogP contribution in [-0.2, 0) is 0 Å². The maximum absolute atomic E-state index is 3.85. The molecule has 3 unspecified atom stereocenters. The third kappa shape index (κ3) is 2.66. The van der Waals surface area contributed by atoms with E-state index >= 15 is 0 Å². The second kappa shape index (κ2) is 4.89. The lowest BCUT2D eigenvalue weighted by molar-refractivity contribution is 0.423. The Morgan fingerprint density at radius 1 is 1.29 bits per heavy atom. The van der Waals surface area contributed by atoms with E-state index in [1.165, 1.54) is 37.9 Å². The van der Waals surface area contributed by atoms with Crippen molar-refractivity contribution >= 4 is 11.8 Å². The van der Waals surface area contributed by atoms with E-state index in [-0.39, 0.29) is 0 Å². The molecule has 0 radical (unpaired) electrons. The lowest BCUT2D eigenvalue weighted by Crippen LogP contribution is -2.41. The van der Waals surface area contributed by atoms with Gasteiger partial charge in [-0.25, -0.2) is 0 Å². The van der Waals surface area contributed by atoms with Crippen LogP contribution in [0.1, 0.15) is 46.0 Å². The molecule has 0 aromatic carbocycles. The molecule has 0 amide bonds. The third-order valence-electron chi connectivity index (χ3n) is 3.64. The first-order chi connectivity index (χ1) is 6.81. The normalized spacial score (nSPS) is 34.7. The lowest BCUT2D eigenvalue weighted by atomic mass is 10.1. The van der Waals surface area contributed by atoms with Crippen molar-refractivity contribution in [3.05, 3.63) is 0 Å². The van der Waals surface area contributed by atoms with Gasteiger partial charge in [-0.3, -0.25) is 0 Å². The summed E-state index contributed by atoms with van der Waals surface area (Å²) in [5.41, 5.74) is 0. The number of nitrogens with one attached hydrogen (secondary N) is 1. The Bertz CT molecular complexity index is 179. The Kier molecular flexibility index (Phi) is 3.78. The molecule has 0 heterocycles. The first-order valence-electron chi connectivity index (χ1n) is 6.19. The summed E-state index contributed by atoms with van der Waals surface area (Å²) < 4.78 is 0. The SMILES string of the molecule is CCSC1CCCC1NC(C)C1CC1. The van der Waals surface area contributed by atoms with Crippen LogP contribution in [0.3, 0.4) is 0 Å². The second-order valence-electron chi connectivity index (χ2n) is 4.82. The zero-order valence-corrected chi connectivity index (χ0v) is 10.3. The van der Waals surface area contributed by atoms with Gasteiger partial charge >= 0.3 is 0 Å². The summed E-state index contributed by atoms with van der Waals surface area (Å²) in [6.45, 7) is 4.66. The predicted octanol–water partition coefficient (Wildman–Crippen LogP) is 3.05. The van der Waals surface area contributed by atoms with Crippen molar-refractivity contribution in [2.75, 3.05) is 5.75 Å². The van der Waals surface area contributed by atoms with Gasteiger partial charge in [-0.1, -0.05) is 13.3 Å². The Balaban J connectivity index is 1.77. The molecule has 1 nitrogen and oxygen atoms in total. The molecule has 2 rings (SSSR count). The van der Waals surface area contributed by atoms with Gasteiger partial charge in [-0.15, -0.1) is 0 Å². The van der Waals surface area contributed by atoms with Crippen LogP contribution in [0.25, 0.3) is 0 Å². The van der Waals surface area contributed by atoms with E-state index in [0.29, 0.717) is 0 Å². The van der Waals surface area contributed by atoms with E-state index in [9.17, 15) is 0 Å². The highest BCUT2D eigenvalue weighted by Crippen LogP contribution is 2.35. The summed E-state index contributed by atoms with van der Waals surface area (Å²) >= 11 is 2.16. The Morgan fingerprint density at radius 3 is 2.71 bits per heavy atom. The molecule has 2 fully saturated rings. The molecule has 2 saturated carbocycles. The second-order valence-corrected chi connectivity index (χ2v) is 6.34. The molecule has 3 atom stereocenters. The molecular weight excluding hydrogens is 190 g/mol. The van der Waals surface area contributed by atoms with Gasteiger partial charge in [0.2, 0.25) is 0 Å². The highest BCUT2D eigenvalue weighted by molar-refractivity contribution is 7.99. The van der Waals surface area contributed by atoms with Crippen molar-refractivity contribution in [2.45, 2.75) is 63.3 Å². The molecule has 1 N–H and O–H groups in total. The van der Waals surface area contributed by atoms with E-state index < -0.39 is 0 Å². The van der Waals surface area contributed by atoms with E-state index in [1.54, 1.807) is 0 Å². The van der Waals surface area contributed by atoms with Crippen molar-refractivity contribution < 1.29 is 0 Å². The largest absolute Gasteiger partial charge is 0.310 e. The summed E-state index contributed by atoms with van der Waals surface area (Å²) in [6, 6.07) is 1.59. The van der Waals surface area contributed by atoms with Gasteiger partial charge in [-0.05, 0) is 44.3 Å². The number of hydrogen-bond acceptors (Lipinski definition) is 2. The summed E-state index contributed by atoms with van der Waals surface area (Å²) in [4.78, 5) is 0. The first kappa shape index (κ1) is 10.8. The maximum atomic E-state index is 3.85. The Hall–Kier alpha value is 0.310. The first-order valence-corrected chi connectivity index (χ1v) is 7.23. The Labute approximate surface area is 92.4 Å². The quantitative estimate of drug-likeness (QED) is 0.753. The minimum Gasteiger partial charge on any atom is -0.310 e.